The number of esters is 1. The minimum atomic E-state index is -1.88. The van der Waals surface area contributed by atoms with Crippen molar-refractivity contribution >= 4 is 23.6 Å². The lowest BCUT2D eigenvalue weighted by Gasteiger charge is -2.53. The van der Waals surface area contributed by atoms with Crippen molar-refractivity contribution in [3.63, 3.8) is 0 Å². The number of aliphatic hydroxyl groups excluding tert-OH is 2. The van der Waals surface area contributed by atoms with Crippen LogP contribution in [0.5, 0.6) is 0 Å². The Bertz CT molecular complexity index is 1880. The summed E-state index contributed by atoms with van der Waals surface area (Å²) in [6.07, 6.45) is -7.45. The number of carbonyl (C=O) groups is 3. The van der Waals surface area contributed by atoms with E-state index in [1.807, 2.05) is 49.1 Å². The molecule has 5 rings (SSSR count). The highest BCUT2D eigenvalue weighted by Crippen LogP contribution is 2.43. The fourth-order valence-corrected chi connectivity index (χ4v) is 11.4. The number of hydrogen-bond donors (Lipinski definition) is 7. The largest absolute Gasteiger partial charge is 0.459 e. The van der Waals surface area contributed by atoms with Gasteiger partial charge in [0, 0.05) is 71.3 Å². The standard InChI is InChI=1S/C52H89N5O14/c1-14-39-51(10,64)44(60)35(6)54-29-31(2)27-49(8,63)45(71-47-42(59)38(26-32(3)67-47)56(12)48(62)55(11)37-20-16-15-17-21-37)33(4)43(34(5)46(61)69-39)70-41-28-50(9,66-13)52(65,36(7)68-41)30-53-23-19-25-57-24-18-22-40(57)58/h15-17,20-21,31-36,38-39,41-45,47,53-54,59-60,63-65H,14,18-19,22-30H2,1-13H3/t31-,32-,33+,34-,35-,36+,38+,39-,41+,42-,43+,44-,45-,47+,49-,50-,51-,52+/m1/s1. The van der Waals surface area contributed by atoms with Crippen molar-refractivity contribution in [3.05, 3.63) is 30.3 Å². The number of cyclic esters (lactones) is 1. The molecule has 4 heterocycles. The van der Waals surface area contributed by atoms with Gasteiger partial charge < -0.3 is 74.4 Å². The maximum absolute atomic E-state index is 14.6. The van der Waals surface area contributed by atoms with Crippen LogP contribution < -0.4 is 15.5 Å². The molecule has 406 valence electrons. The third-order valence-corrected chi connectivity index (χ3v) is 16.1. The SMILES string of the molecule is CC[C@H]1OC(=O)[C@H](C)[C@@H](O[C@H]2C[C@@](C)(OC)[C@](O)(CNCCCN3CCCC3=O)[C@H](C)O2)[C@H](C)[C@@H](O[C@@H]2O[C@H](C)C[C@H](N(C)C(=O)N(C)c3ccccc3)[C@H]2O)[C@](C)(O)C[C@@H](C)CN[C@H](C)[C@@H](O)[C@]1(C)O. The molecule has 4 fully saturated rings. The summed E-state index contributed by atoms with van der Waals surface area (Å²) in [5.74, 6) is -2.91. The van der Waals surface area contributed by atoms with E-state index in [4.69, 9.17) is 28.4 Å². The van der Waals surface area contributed by atoms with Crippen molar-refractivity contribution in [1.82, 2.24) is 20.4 Å². The lowest BCUT2D eigenvalue weighted by molar-refractivity contribution is -0.336. The first kappa shape index (κ1) is 58.8. The van der Waals surface area contributed by atoms with Crippen molar-refractivity contribution in [2.75, 3.05) is 58.8 Å². The fourth-order valence-electron chi connectivity index (χ4n) is 11.4. The molecular weight excluding hydrogens is 919 g/mol. The molecule has 7 N–H and O–H groups in total. The number of amides is 3. The minimum Gasteiger partial charge on any atom is -0.459 e. The number of benzene rings is 1. The van der Waals surface area contributed by atoms with E-state index in [0.717, 1.165) is 13.0 Å². The number of rotatable bonds is 14. The molecule has 71 heavy (non-hydrogen) atoms. The molecular formula is C52H89N5O14. The van der Waals surface area contributed by atoms with Gasteiger partial charge in [-0.25, -0.2) is 4.79 Å². The Kier molecular flexibility index (Phi) is 20.3. The van der Waals surface area contributed by atoms with E-state index in [9.17, 15) is 39.9 Å². The Hall–Kier alpha value is -3.05. The van der Waals surface area contributed by atoms with Gasteiger partial charge in [-0.3, -0.25) is 14.5 Å². The zero-order valence-corrected chi connectivity index (χ0v) is 44.7. The summed E-state index contributed by atoms with van der Waals surface area (Å²) in [5.41, 5.74) is -5.75. The zero-order valence-electron chi connectivity index (χ0n) is 44.7. The lowest BCUT2D eigenvalue weighted by atomic mass is 9.75. The molecule has 4 aliphatic heterocycles. The van der Waals surface area contributed by atoms with Gasteiger partial charge >= 0.3 is 12.0 Å². The van der Waals surface area contributed by atoms with Gasteiger partial charge in [-0.15, -0.1) is 0 Å². The summed E-state index contributed by atoms with van der Waals surface area (Å²) in [6.45, 7) is 19.5. The van der Waals surface area contributed by atoms with Gasteiger partial charge in [-0.2, -0.15) is 0 Å². The molecule has 0 saturated carbocycles. The molecule has 3 amide bonds. The van der Waals surface area contributed by atoms with E-state index >= 15 is 0 Å². The second-order valence-corrected chi connectivity index (χ2v) is 21.9. The van der Waals surface area contributed by atoms with E-state index in [-0.39, 0.29) is 50.1 Å². The lowest BCUT2D eigenvalue weighted by Crippen LogP contribution is -2.70. The van der Waals surface area contributed by atoms with Crippen LogP contribution in [0.1, 0.15) is 114 Å². The molecule has 19 heteroatoms. The number of hydrogen-bond acceptors (Lipinski definition) is 16. The molecule has 4 saturated heterocycles. The van der Waals surface area contributed by atoms with Gasteiger partial charge in [-0.05, 0) is 112 Å². The Morgan fingerprint density at radius 2 is 1.65 bits per heavy atom. The smallest absolute Gasteiger partial charge is 0.324 e. The van der Waals surface area contributed by atoms with Gasteiger partial charge in [0.25, 0.3) is 0 Å². The number of nitrogens with one attached hydrogen (secondary N) is 2. The number of likely N-dealkylation sites (tertiary alicyclic amines) is 1. The number of para-hydroxylation sites is 1. The summed E-state index contributed by atoms with van der Waals surface area (Å²) >= 11 is 0. The second-order valence-electron chi connectivity index (χ2n) is 21.9. The van der Waals surface area contributed by atoms with Crippen LogP contribution in [0, 0.1) is 17.8 Å². The van der Waals surface area contributed by atoms with Crippen LogP contribution in [0.15, 0.2) is 30.3 Å². The quantitative estimate of drug-likeness (QED) is 0.105. The van der Waals surface area contributed by atoms with Gasteiger partial charge in [0.2, 0.25) is 5.91 Å². The van der Waals surface area contributed by atoms with Crippen LogP contribution in [0.4, 0.5) is 10.5 Å². The highest BCUT2D eigenvalue weighted by molar-refractivity contribution is 5.91. The van der Waals surface area contributed by atoms with Crippen LogP contribution in [0.2, 0.25) is 0 Å². The molecule has 4 aliphatic rings. The van der Waals surface area contributed by atoms with Crippen molar-refractivity contribution in [2.45, 2.75) is 204 Å². The summed E-state index contributed by atoms with van der Waals surface area (Å²) < 4.78 is 38.9. The van der Waals surface area contributed by atoms with Gasteiger partial charge in [0.05, 0.1) is 42.0 Å². The van der Waals surface area contributed by atoms with Crippen molar-refractivity contribution < 1.29 is 68.3 Å². The Morgan fingerprint density at radius 1 is 0.972 bits per heavy atom. The third kappa shape index (κ3) is 13.4. The van der Waals surface area contributed by atoms with Crippen LogP contribution in [0.3, 0.4) is 0 Å². The second kappa shape index (κ2) is 24.5. The average Bonchev–Trinajstić information content (AvgIpc) is 3.75. The monoisotopic (exact) mass is 1010 g/mol. The molecule has 18 atom stereocenters. The topological polar surface area (TPSA) is 242 Å². The van der Waals surface area contributed by atoms with Crippen molar-refractivity contribution in [1.29, 1.82) is 0 Å². The summed E-state index contributed by atoms with van der Waals surface area (Å²) in [4.78, 5) is 45.5. The molecule has 1 aromatic carbocycles. The van der Waals surface area contributed by atoms with Crippen LogP contribution in [0.25, 0.3) is 0 Å². The summed E-state index contributed by atoms with van der Waals surface area (Å²) in [5, 5.41) is 67.4. The first-order valence-electron chi connectivity index (χ1n) is 25.9. The van der Waals surface area contributed by atoms with Crippen LogP contribution >= 0.6 is 0 Å². The van der Waals surface area contributed by atoms with Crippen LogP contribution in [-0.4, -0.2) is 197 Å². The average molecular weight is 1010 g/mol. The molecule has 0 aliphatic carbocycles. The van der Waals surface area contributed by atoms with E-state index in [0.29, 0.717) is 38.2 Å². The van der Waals surface area contributed by atoms with E-state index < -0.39 is 108 Å². The van der Waals surface area contributed by atoms with Crippen molar-refractivity contribution in [2.24, 2.45) is 17.8 Å². The molecule has 0 unspecified atom stereocenters. The highest BCUT2D eigenvalue weighted by Gasteiger charge is 2.58. The fraction of sp³-hybridized carbons (Fsp3) is 0.827. The number of aliphatic hydroxyl groups is 5. The van der Waals surface area contributed by atoms with Crippen molar-refractivity contribution in [3.8, 4) is 0 Å². The maximum atomic E-state index is 14.6. The molecule has 0 aromatic heterocycles. The normalized spacial score (nSPS) is 41.2. The number of nitrogens with zero attached hydrogens (tertiary/aromatic N) is 3. The number of carbonyl (C=O) groups excluding carboxylic acids is 3. The number of ether oxygens (including phenoxy) is 6. The predicted molar refractivity (Wildman–Crippen MR) is 266 cm³/mol. The summed E-state index contributed by atoms with van der Waals surface area (Å²) in [6, 6.07) is 7.36. The highest BCUT2D eigenvalue weighted by atomic mass is 16.7. The summed E-state index contributed by atoms with van der Waals surface area (Å²) in [7, 11) is 4.78. The molecule has 1 aromatic rings. The maximum Gasteiger partial charge on any atom is 0.324 e. The van der Waals surface area contributed by atoms with Gasteiger partial charge in [0.15, 0.2) is 12.6 Å². The Balaban J connectivity index is 1.49. The van der Waals surface area contributed by atoms with Gasteiger partial charge in [-0.1, -0.05) is 39.0 Å². The first-order valence-corrected chi connectivity index (χ1v) is 25.9. The Labute approximate surface area is 422 Å². The molecule has 0 spiro atoms. The number of likely N-dealkylation sites (N-methyl/N-ethyl adjacent to an activating group) is 1. The van der Waals surface area contributed by atoms with E-state index in [1.54, 1.807) is 62.6 Å². The third-order valence-electron chi connectivity index (χ3n) is 16.1. The number of urea groups is 1. The predicted octanol–water partition coefficient (Wildman–Crippen LogP) is 3.16. The number of anilines is 1. The minimum absolute atomic E-state index is 0.00171. The zero-order chi connectivity index (χ0) is 52.8. The molecule has 0 bridgehead atoms. The Morgan fingerprint density at radius 3 is 2.27 bits per heavy atom. The molecule has 0 radical (unpaired) electrons. The number of methoxy groups -OCH3 is 1. The van der Waals surface area contributed by atoms with Gasteiger partial charge in [0.1, 0.15) is 35.1 Å². The molecule has 19 nitrogen and oxygen atoms in total. The first-order chi connectivity index (χ1) is 33.2. The van der Waals surface area contributed by atoms with Crippen LogP contribution in [-0.2, 0) is 38.0 Å². The van der Waals surface area contributed by atoms with E-state index in [2.05, 4.69) is 10.6 Å². The van der Waals surface area contributed by atoms with E-state index in [1.165, 1.54) is 23.8 Å².